The zero-order valence-corrected chi connectivity index (χ0v) is 16.4. The van der Waals surface area contributed by atoms with Crippen LogP contribution in [0.25, 0.3) is 0 Å². The Bertz CT molecular complexity index is 619. The van der Waals surface area contributed by atoms with E-state index >= 15 is 0 Å². The van der Waals surface area contributed by atoms with E-state index in [-0.39, 0.29) is 18.3 Å². The summed E-state index contributed by atoms with van der Waals surface area (Å²) in [6.07, 6.45) is 1.46. The van der Waals surface area contributed by atoms with Crippen LogP contribution in [0.15, 0.2) is 30.3 Å². The summed E-state index contributed by atoms with van der Waals surface area (Å²) < 4.78 is 17.2. The molecule has 1 aliphatic rings. The number of methoxy groups -OCH3 is 1. The van der Waals surface area contributed by atoms with Crippen LogP contribution >= 0.6 is 0 Å². The molecule has 0 aliphatic carbocycles. The van der Waals surface area contributed by atoms with E-state index in [1.54, 1.807) is 6.92 Å². The van der Waals surface area contributed by atoms with Gasteiger partial charge in [0.05, 0.1) is 12.0 Å². The Morgan fingerprint density at radius 1 is 1.27 bits per heavy atom. The maximum absolute atomic E-state index is 12.5. The number of aryl methyl sites for hydroxylation is 1. The molecule has 0 unspecified atom stereocenters. The van der Waals surface area contributed by atoms with Crippen molar-refractivity contribution in [3.05, 3.63) is 35.9 Å². The summed E-state index contributed by atoms with van der Waals surface area (Å²) in [5.74, 6) is -2.16. The second-order valence-corrected chi connectivity index (χ2v) is 7.94. The number of benzene rings is 1. The van der Waals surface area contributed by atoms with Crippen LogP contribution in [-0.4, -0.2) is 36.4 Å². The molecule has 0 saturated carbocycles. The molecule has 1 saturated heterocycles. The molecule has 1 aliphatic heterocycles. The Morgan fingerprint density at radius 3 is 2.50 bits per heavy atom. The van der Waals surface area contributed by atoms with Gasteiger partial charge in [-0.05, 0) is 39.2 Å². The van der Waals surface area contributed by atoms with Gasteiger partial charge in [0.2, 0.25) is 0 Å². The van der Waals surface area contributed by atoms with Gasteiger partial charge in [0.25, 0.3) is 0 Å². The topological polar surface area (TPSA) is 61.8 Å². The normalized spacial score (nSPS) is 26.6. The van der Waals surface area contributed by atoms with E-state index in [9.17, 15) is 9.59 Å². The zero-order chi connectivity index (χ0) is 19.4. The fraction of sp³-hybridized carbons (Fsp3) is 0.619. The highest BCUT2D eigenvalue weighted by Crippen LogP contribution is 2.37. The number of carbonyl (C=O) groups excluding carboxylic acids is 2. The first kappa shape index (κ1) is 20.6. The largest absolute Gasteiger partial charge is 0.460 e. The first-order valence-electron chi connectivity index (χ1n) is 9.16. The van der Waals surface area contributed by atoms with Crippen LogP contribution in [0.3, 0.4) is 0 Å². The lowest BCUT2D eigenvalue weighted by atomic mass is 9.85. The number of hydrogen-bond acceptors (Lipinski definition) is 5. The Hall–Kier alpha value is -1.72. The van der Waals surface area contributed by atoms with Crippen molar-refractivity contribution in [3.63, 3.8) is 0 Å². The van der Waals surface area contributed by atoms with Crippen molar-refractivity contribution >= 4 is 11.8 Å². The van der Waals surface area contributed by atoms with E-state index < -0.39 is 23.3 Å². The molecule has 2 rings (SSSR count). The van der Waals surface area contributed by atoms with Crippen molar-refractivity contribution < 1.29 is 23.8 Å². The van der Waals surface area contributed by atoms with Gasteiger partial charge in [0.1, 0.15) is 17.8 Å². The molecule has 0 radical (unpaired) electrons. The highest BCUT2D eigenvalue weighted by molar-refractivity contribution is 5.84. The minimum Gasteiger partial charge on any atom is -0.460 e. The van der Waals surface area contributed by atoms with Gasteiger partial charge in [-0.25, -0.2) is 0 Å². The molecule has 1 fully saturated rings. The molecular formula is C21H30O5. The summed E-state index contributed by atoms with van der Waals surface area (Å²) in [4.78, 5) is 24.9. The third kappa shape index (κ3) is 5.39. The fourth-order valence-corrected chi connectivity index (χ4v) is 3.28. The predicted octanol–water partition coefficient (Wildman–Crippen LogP) is 3.69. The number of rotatable bonds is 6. The van der Waals surface area contributed by atoms with Crippen LogP contribution in [0.5, 0.6) is 0 Å². The second-order valence-electron chi connectivity index (χ2n) is 7.94. The van der Waals surface area contributed by atoms with Crippen LogP contribution < -0.4 is 0 Å². The molecular weight excluding hydrogens is 332 g/mol. The third-order valence-electron chi connectivity index (χ3n) is 4.69. The standard InChI is InChI=1S/C21H30O5/c1-15-18(22)13-17(12-11-16-9-7-6-8-10-16)25-21(15,24-5)14-19(23)26-20(2,3)4/h6-10,15,17H,11-14H2,1-5H3/t15-,17+,21-/m0/s1. The molecule has 3 atom stereocenters. The summed E-state index contributed by atoms with van der Waals surface area (Å²) >= 11 is 0. The van der Waals surface area contributed by atoms with Crippen molar-refractivity contribution in [1.29, 1.82) is 0 Å². The minimum atomic E-state index is -1.26. The van der Waals surface area contributed by atoms with Crippen molar-refractivity contribution in [1.82, 2.24) is 0 Å². The molecule has 144 valence electrons. The fourth-order valence-electron chi connectivity index (χ4n) is 3.28. The van der Waals surface area contributed by atoms with E-state index in [0.717, 1.165) is 6.42 Å². The van der Waals surface area contributed by atoms with Gasteiger partial charge in [0, 0.05) is 13.5 Å². The van der Waals surface area contributed by atoms with Gasteiger partial charge in [0.15, 0.2) is 5.79 Å². The van der Waals surface area contributed by atoms with Crippen molar-refractivity contribution in [2.45, 2.75) is 70.9 Å². The maximum Gasteiger partial charge on any atom is 0.311 e. The molecule has 1 heterocycles. The van der Waals surface area contributed by atoms with E-state index in [0.29, 0.717) is 12.8 Å². The molecule has 0 aromatic heterocycles. The van der Waals surface area contributed by atoms with E-state index in [2.05, 4.69) is 12.1 Å². The number of esters is 1. The molecule has 5 nitrogen and oxygen atoms in total. The van der Waals surface area contributed by atoms with Crippen LogP contribution in [0.2, 0.25) is 0 Å². The van der Waals surface area contributed by atoms with Crippen LogP contribution in [-0.2, 0) is 30.2 Å². The second kappa shape index (κ2) is 8.31. The van der Waals surface area contributed by atoms with Crippen LogP contribution in [0.1, 0.15) is 52.5 Å². The Kier molecular flexibility index (Phi) is 6.58. The predicted molar refractivity (Wildman–Crippen MR) is 98.6 cm³/mol. The van der Waals surface area contributed by atoms with E-state index in [1.807, 2.05) is 39.0 Å². The summed E-state index contributed by atoms with van der Waals surface area (Å²) in [5, 5.41) is 0. The number of carbonyl (C=O) groups is 2. The first-order chi connectivity index (χ1) is 12.1. The lowest BCUT2D eigenvalue weighted by Gasteiger charge is -2.43. The molecule has 0 N–H and O–H groups in total. The third-order valence-corrected chi connectivity index (χ3v) is 4.69. The van der Waals surface area contributed by atoms with Crippen molar-refractivity contribution in [2.24, 2.45) is 5.92 Å². The van der Waals surface area contributed by atoms with Crippen LogP contribution in [0, 0.1) is 5.92 Å². The highest BCUT2D eigenvalue weighted by Gasteiger charge is 2.49. The van der Waals surface area contributed by atoms with Crippen LogP contribution in [0.4, 0.5) is 0 Å². The Labute approximate surface area is 156 Å². The van der Waals surface area contributed by atoms with Gasteiger partial charge in [-0.1, -0.05) is 37.3 Å². The number of Topliss-reactive ketones (excluding diaryl/α,β-unsaturated/α-hetero) is 1. The van der Waals surface area contributed by atoms with Gasteiger partial charge in [-0.2, -0.15) is 0 Å². The Morgan fingerprint density at radius 2 is 1.92 bits per heavy atom. The number of ketones is 1. The average molecular weight is 362 g/mol. The molecule has 1 aromatic rings. The maximum atomic E-state index is 12.5. The van der Waals surface area contributed by atoms with E-state index in [4.69, 9.17) is 14.2 Å². The van der Waals surface area contributed by atoms with Gasteiger partial charge in [-0.3, -0.25) is 9.59 Å². The summed E-state index contributed by atoms with van der Waals surface area (Å²) in [5.41, 5.74) is 0.595. The zero-order valence-electron chi connectivity index (χ0n) is 16.4. The quantitative estimate of drug-likeness (QED) is 0.722. The molecule has 1 aromatic carbocycles. The monoisotopic (exact) mass is 362 g/mol. The SMILES string of the molecule is CO[C@@]1(CC(=O)OC(C)(C)C)O[C@H](CCc2ccccc2)CC(=O)[C@@H]1C. The van der Waals surface area contributed by atoms with Gasteiger partial charge >= 0.3 is 5.97 Å². The first-order valence-corrected chi connectivity index (χ1v) is 9.16. The number of ether oxygens (including phenoxy) is 3. The lowest BCUT2D eigenvalue weighted by molar-refractivity contribution is -0.285. The van der Waals surface area contributed by atoms with Gasteiger partial charge < -0.3 is 14.2 Å². The smallest absolute Gasteiger partial charge is 0.311 e. The van der Waals surface area contributed by atoms with Crippen molar-refractivity contribution in [3.8, 4) is 0 Å². The van der Waals surface area contributed by atoms with E-state index in [1.165, 1.54) is 12.7 Å². The van der Waals surface area contributed by atoms with Gasteiger partial charge in [-0.15, -0.1) is 0 Å². The highest BCUT2D eigenvalue weighted by atomic mass is 16.7. The minimum absolute atomic E-state index is 0.0553. The average Bonchev–Trinajstić information content (AvgIpc) is 2.56. The molecule has 0 spiro atoms. The van der Waals surface area contributed by atoms with Crippen molar-refractivity contribution in [2.75, 3.05) is 7.11 Å². The molecule has 5 heteroatoms. The number of hydrogen-bond donors (Lipinski definition) is 0. The Balaban J connectivity index is 2.08. The summed E-state index contributed by atoms with van der Waals surface area (Å²) in [6.45, 7) is 7.18. The summed E-state index contributed by atoms with van der Waals surface area (Å²) in [6, 6.07) is 10.1. The summed E-state index contributed by atoms with van der Waals surface area (Å²) in [7, 11) is 1.48. The molecule has 0 amide bonds. The molecule has 26 heavy (non-hydrogen) atoms. The lowest BCUT2D eigenvalue weighted by Crippen LogP contribution is -2.54. The molecule has 0 bridgehead atoms.